The van der Waals surface area contributed by atoms with Crippen molar-refractivity contribution in [2.75, 3.05) is 5.32 Å². The van der Waals surface area contributed by atoms with Crippen LogP contribution in [0.2, 0.25) is 15.1 Å². The average molecular weight is 472 g/mol. The van der Waals surface area contributed by atoms with Crippen molar-refractivity contribution in [3.05, 3.63) is 91.3 Å². The lowest BCUT2D eigenvalue weighted by atomic mass is 10.2. The highest BCUT2D eigenvalue weighted by Gasteiger charge is 2.10. The maximum atomic E-state index is 6.36. The first-order chi connectivity index (χ1) is 12.5. The van der Waals surface area contributed by atoms with E-state index in [1.54, 1.807) is 0 Å². The van der Waals surface area contributed by atoms with Crippen LogP contribution in [0.15, 0.2) is 65.1 Å². The Kier molecular flexibility index (Phi) is 6.71. The monoisotopic (exact) mass is 469 g/mol. The zero-order chi connectivity index (χ0) is 18.5. The molecule has 0 fully saturated rings. The van der Waals surface area contributed by atoms with Gasteiger partial charge in [0.2, 0.25) is 0 Å². The van der Waals surface area contributed by atoms with E-state index in [0.717, 1.165) is 21.3 Å². The number of benzene rings is 3. The molecule has 2 nitrogen and oxygen atoms in total. The molecule has 0 unspecified atom stereocenters. The molecule has 0 aliphatic heterocycles. The molecular formula is C20H15BrCl3NO. The number of nitrogens with one attached hydrogen (secondary N) is 1. The lowest BCUT2D eigenvalue weighted by Crippen LogP contribution is -2.01. The third-order valence-corrected chi connectivity index (χ3v) is 5.04. The molecule has 3 aromatic rings. The van der Waals surface area contributed by atoms with E-state index in [-0.39, 0.29) is 0 Å². The zero-order valence-electron chi connectivity index (χ0n) is 13.6. The van der Waals surface area contributed by atoms with Crippen molar-refractivity contribution >= 4 is 56.4 Å². The molecule has 26 heavy (non-hydrogen) atoms. The van der Waals surface area contributed by atoms with Crippen LogP contribution in [0.5, 0.6) is 5.75 Å². The topological polar surface area (TPSA) is 21.3 Å². The first kappa shape index (κ1) is 19.4. The number of rotatable bonds is 6. The Morgan fingerprint density at radius 3 is 2.04 bits per heavy atom. The Labute approximate surface area is 176 Å². The van der Waals surface area contributed by atoms with Gasteiger partial charge in [-0.05, 0) is 59.7 Å². The van der Waals surface area contributed by atoms with Crippen molar-refractivity contribution in [2.45, 2.75) is 13.2 Å². The summed E-state index contributed by atoms with van der Waals surface area (Å²) in [6.45, 7) is 0.978. The van der Waals surface area contributed by atoms with Gasteiger partial charge in [-0.2, -0.15) is 0 Å². The summed E-state index contributed by atoms with van der Waals surface area (Å²) in [6.07, 6.45) is 0. The van der Waals surface area contributed by atoms with Crippen molar-refractivity contribution in [3.63, 3.8) is 0 Å². The summed E-state index contributed by atoms with van der Waals surface area (Å²) in [5.74, 6) is 0.482. The average Bonchev–Trinajstić information content (AvgIpc) is 2.62. The molecule has 0 atom stereocenters. The fraction of sp³-hybridized carbons (Fsp3) is 0.100. The van der Waals surface area contributed by atoms with Crippen molar-refractivity contribution in [1.29, 1.82) is 0 Å². The minimum atomic E-state index is 0.368. The van der Waals surface area contributed by atoms with Gasteiger partial charge < -0.3 is 10.1 Å². The highest BCUT2D eigenvalue weighted by Crippen LogP contribution is 2.35. The van der Waals surface area contributed by atoms with Gasteiger partial charge in [-0.1, -0.05) is 62.9 Å². The SMILES string of the molecule is Clc1ccc(COc2c(Cl)cc(CNc3ccc(Br)cc3)cc2Cl)cc1. The van der Waals surface area contributed by atoms with E-state index in [1.807, 2.05) is 60.7 Å². The quantitative estimate of drug-likeness (QED) is 0.400. The summed E-state index contributed by atoms with van der Waals surface area (Å²) in [7, 11) is 0. The number of anilines is 1. The van der Waals surface area contributed by atoms with Crippen LogP contribution in [-0.4, -0.2) is 0 Å². The Morgan fingerprint density at radius 1 is 0.808 bits per heavy atom. The van der Waals surface area contributed by atoms with Crippen molar-refractivity contribution in [3.8, 4) is 5.75 Å². The minimum Gasteiger partial charge on any atom is -0.486 e. The molecule has 134 valence electrons. The second-order valence-electron chi connectivity index (χ2n) is 5.66. The molecular weight excluding hydrogens is 456 g/mol. The van der Waals surface area contributed by atoms with Crippen LogP contribution in [0, 0.1) is 0 Å². The molecule has 0 bridgehead atoms. The van der Waals surface area contributed by atoms with E-state index in [4.69, 9.17) is 39.5 Å². The molecule has 0 aliphatic carbocycles. The van der Waals surface area contributed by atoms with Gasteiger partial charge in [0, 0.05) is 21.7 Å². The van der Waals surface area contributed by atoms with Gasteiger partial charge in [0.15, 0.2) is 5.75 Å². The molecule has 1 N–H and O–H groups in total. The van der Waals surface area contributed by atoms with Crippen LogP contribution < -0.4 is 10.1 Å². The third-order valence-electron chi connectivity index (χ3n) is 3.70. The van der Waals surface area contributed by atoms with Crippen LogP contribution in [0.25, 0.3) is 0 Å². The summed E-state index contributed by atoms with van der Waals surface area (Å²) in [5, 5.41) is 4.99. The highest BCUT2D eigenvalue weighted by molar-refractivity contribution is 9.10. The second kappa shape index (κ2) is 9.01. The molecule has 0 saturated heterocycles. The van der Waals surface area contributed by atoms with Gasteiger partial charge >= 0.3 is 0 Å². The normalized spacial score (nSPS) is 10.6. The molecule has 0 aromatic heterocycles. The van der Waals surface area contributed by atoms with E-state index < -0.39 is 0 Å². The van der Waals surface area contributed by atoms with Crippen LogP contribution in [-0.2, 0) is 13.2 Å². The molecule has 0 heterocycles. The molecule has 0 aliphatic rings. The number of halogens is 4. The Balaban J connectivity index is 1.65. The lowest BCUT2D eigenvalue weighted by Gasteiger charge is -2.13. The maximum Gasteiger partial charge on any atom is 0.156 e. The molecule has 3 aromatic carbocycles. The van der Waals surface area contributed by atoms with E-state index in [9.17, 15) is 0 Å². The van der Waals surface area contributed by atoms with Crippen LogP contribution in [0.4, 0.5) is 5.69 Å². The number of ether oxygens (including phenoxy) is 1. The molecule has 0 saturated carbocycles. The highest BCUT2D eigenvalue weighted by atomic mass is 79.9. The summed E-state index contributed by atoms with van der Waals surface area (Å²) in [5.41, 5.74) is 2.98. The molecule has 0 amide bonds. The van der Waals surface area contributed by atoms with E-state index >= 15 is 0 Å². The molecule has 0 spiro atoms. The fourth-order valence-electron chi connectivity index (χ4n) is 2.36. The second-order valence-corrected chi connectivity index (χ2v) is 7.83. The summed E-state index contributed by atoms with van der Waals surface area (Å²) in [4.78, 5) is 0. The van der Waals surface area contributed by atoms with Crippen molar-refractivity contribution in [2.24, 2.45) is 0 Å². The van der Waals surface area contributed by atoms with Crippen molar-refractivity contribution < 1.29 is 4.74 Å². The smallest absolute Gasteiger partial charge is 0.156 e. The molecule has 0 radical (unpaired) electrons. The summed E-state index contributed by atoms with van der Waals surface area (Å²) < 4.78 is 6.83. The number of hydrogen-bond donors (Lipinski definition) is 1. The van der Waals surface area contributed by atoms with Crippen LogP contribution in [0.3, 0.4) is 0 Å². The standard InChI is InChI=1S/C20H15BrCl3NO/c21-15-3-7-17(8-4-15)25-11-14-9-18(23)20(19(24)10-14)26-12-13-1-5-16(22)6-2-13/h1-10,25H,11-12H2. The summed E-state index contributed by atoms with van der Waals surface area (Å²) in [6, 6.07) is 19.1. The third kappa shape index (κ3) is 5.31. The first-order valence-electron chi connectivity index (χ1n) is 7.86. The van der Waals surface area contributed by atoms with Gasteiger partial charge in [-0.15, -0.1) is 0 Å². The molecule has 3 rings (SSSR count). The predicted molar refractivity (Wildman–Crippen MR) is 114 cm³/mol. The Hall–Kier alpha value is -1.39. The largest absolute Gasteiger partial charge is 0.486 e. The van der Waals surface area contributed by atoms with Crippen LogP contribution >= 0.6 is 50.7 Å². The van der Waals surface area contributed by atoms with E-state index in [1.165, 1.54) is 0 Å². The Bertz CT molecular complexity index is 860. The van der Waals surface area contributed by atoms with Gasteiger partial charge in [0.25, 0.3) is 0 Å². The molecule has 6 heteroatoms. The minimum absolute atomic E-state index is 0.368. The Morgan fingerprint density at radius 2 is 1.42 bits per heavy atom. The number of hydrogen-bond acceptors (Lipinski definition) is 2. The predicted octanol–water partition coefficient (Wildman–Crippen LogP) is 7.60. The summed E-state index contributed by atoms with van der Waals surface area (Å²) >= 11 is 22.0. The van der Waals surface area contributed by atoms with Crippen molar-refractivity contribution in [1.82, 2.24) is 0 Å². The van der Waals surface area contributed by atoms with Gasteiger partial charge in [-0.25, -0.2) is 0 Å². The zero-order valence-corrected chi connectivity index (χ0v) is 17.5. The van der Waals surface area contributed by atoms with Gasteiger partial charge in [0.1, 0.15) is 6.61 Å². The van der Waals surface area contributed by atoms with E-state index in [2.05, 4.69) is 21.2 Å². The first-order valence-corrected chi connectivity index (χ1v) is 9.78. The van der Waals surface area contributed by atoms with Gasteiger partial charge in [0.05, 0.1) is 10.0 Å². The van der Waals surface area contributed by atoms with E-state index in [0.29, 0.717) is 34.0 Å². The fourth-order valence-corrected chi connectivity index (χ4v) is 3.39. The lowest BCUT2D eigenvalue weighted by molar-refractivity contribution is 0.306. The van der Waals surface area contributed by atoms with Crippen LogP contribution in [0.1, 0.15) is 11.1 Å². The van der Waals surface area contributed by atoms with Gasteiger partial charge in [-0.3, -0.25) is 0 Å². The maximum absolute atomic E-state index is 6.36.